The summed E-state index contributed by atoms with van der Waals surface area (Å²) in [5.41, 5.74) is 6.57. The van der Waals surface area contributed by atoms with Crippen molar-refractivity contribution in [3.63, 3.8) is 0 Å². The molecule has 10 nitrogen and oxygen atoms in total. The fourth-order valence-electron chi connectivity index (χ4n) is 4.26. The fraction of sp³-hybridized carbons (Fsp3) is 0.571. The minimum Gasteiger partial charge on any atom is -0.466 e. The number of anilines is 1. The number of hydrogen-bond donors (Lipinski definition) is 4. The molecule has 1 amide bonds. The summed E-state index contributed by atoms with van der Waals surface area (Å²) >= 11 is 0. The number of benzene rings is 1. The molecule has 2 aliphatic rings. The predicted molar refractivity (Wildman–Crippen MR) is 114 cm³/mol. The van der Waals surface area contributed by atoms with Crippen molar-refractivity contribution in [1.29, 1.82) is 0 Å². The Bertz CT molecular complexity index is 805. The van der Waals surface area contributed by atoms with E-state index in [1.54, 1.807) is 36.1 Å². The highest BCUT2D eigenvalue weighted by Crippen LogP contribution is 2.43. The smallest absolute Gasteiger partial charge is 0.307 e. The maximum absolute atomic E-state index is 13.2. The van der Waals surface area contributed by atoms with Crippen molar-refractivity contribution in [1.82, 2.24) is 10.2 Å². The third-order valence-corrected chi connectivity index (χ3v) is 6.16. The van der Waals surface area contributed by atoms with Gasteiger partial charge in [0.15, 0.2) is 12.2 Å². The van der Waals surface area contributed by atoms with E-state index in [1.165, 1.54) is 0 Å². The Labute approximate surface area is 181 Å². The number of aliphatic hydroxyl groups excluding tert-OH is 1. The molecular formula is C21H31N5O5. The maximum Gasteiger partial charge on any atom is 0.307 e. The van der Waals surface area contributed by atoms with Crippen molar-refractivity contribution in [2.24, 2.45) is 16.3 Å². The molecule has 10 heteroatoms. The molecule has 2 saturated heterocycles. The number of carbonyl (C=O) groups excluding carboxylic acids is 2. The van der Waals surface area contributed by atoms with Gasteiger partial charge in [0.25, 0.3) is 0 Å². The number of ether oxygens (including phenoxy) is 1. The number of nitrogens with one attached hydrogen (secondary N) is 1. The number of rotatable bonds is 8. The second-order valence-corrected chi connectivity index (χ2v) is 7.94. The Kier molecular flexibility index (Phi) is 7.47. The highest BCUT2D eigenvalue weighted by atomic mass is 16.5. The van der Waals surface area contributed by atoms with E-state index in [0.29, 0.717) is 51.2 Å². The van der Waals surface area contributed by atoms with Crippen LogP contribution in [0.5, 0.6) is 0 Å². The minimum atomic E-state index is -0.856. The van der Waals surface area contributed by atoms with Gasteiger partial charge in [-0.25, -0.2) is 0 Å². The highest BCUT2D eigenvalue weighted by molar-refractivity contribution is 6.01. The van der Waals surface area contributed by atoms with Crippen LogP contribution < -0.4 is 16.0 Å². The SMILES string of the molecule is CCOC(=O)CCNC(O)N1CCC2(CCN(c3ccc(/C(N)=N\O)cc3)C2=O)CC1. The van der Waals surface area contributed by atoms with E-state index in [2.05, 4.69) is 10.5 Å². The van der Waals surface area contributed by atoms with Crippen molar-refractivity contribution >= 4 is 23.4 Å². The summed E-state index contributed by atoms with van der Waals surface area (Å²) in [6, 6.07) is 7.06. The number of piperidine rings is 1. The Morgan fingerprint density at radius 3 is 2.52 bits per heavy atom. The lowest BCUT2D eigenvalue weighted by Crippen LogP contribution is -2.53. The van der Waals surface area contributed by atoms with E-state index in [1.807, 2.05) is 4.90 Å². The van der Waals surface area contributed by atoms with Crippen LogP contribution in [0.3, 0.4) is 0 Å². The lowest BCUT2D eigenvalue weighted by molar-refractivity contribution is -0.143. The summed E-state index contributed by atoms with van der Waals surface area (Å²) in [5, 5.41) is 25.1. The second-order valence-electron chi connectivity index (χ2n) is 7.94. The number of likely N-dealkylation sites (tertiary alicyclic amines) is 1. The first-order chi connectivity index (χ1) is 14.9. The standard InChI is InChI=1S/C21H31N5O5/c1-2-31-17(27)7-11-23-20(29)25-12-8-21(9-13-25)10-14-26(19(21)28)16-5-3-15(4-6-16)18(22)24-30/h3-6,20,23,29-30H,2,7-14H2,1H3,(H2,22,24). The van der Waals surface area contributed by atoms with Gasteiger partial charge in [-0.2, -0.15) is 0 Å². The highest BCUT2D eigenvalue weighted by Gasteiger charge is 2.49. The summed E-state index contributed by atoms with van der Waals surface area (Å²) < 4.78 is 4.88. The van der Waals surface area contributed by atoms with Gasteiger partial charge < -0.3 is 25.7 Å². The molecule has 1 unspecified atom stereocenters. The zero-order chi connectivity index (χ0) is 22.4. The van der Waals surface area contributed by atoms with Gasteiger partial charge in [-0.15, -0.1) is 0 Å². The summed E-state index contributed by atoms with van der Waals surface area (Å²) in [4.78, 5) is 28.3. The van der Waals surface area contributed by atoms with Gasteiger partial charge >= 0.3 is 5.97 Å². The van der Waals surface area contributed by atoms with Crippen LogP contribution in [-0.2, 0) is 14.3 Å². The van der Waals surface area contributed by atoms with Crippen molar-refractivity contribution in [2.45, 2.75) is 39.0 Å². The Morgan fingerprint density at radius 1 is 1.26 bits per heavy atom. The molecule has 3 rings (SSSR count). The van der Waals surface area contributed by atoms with E-state index in [4.69, 9.17) is 15.7 Å². The van der Waals surface area contributed by atoms with Crippen molar-refractivity contribution in [3.8, 4) is 0 Å². The van der Waals surface area contributed by atoms with Crippen LogP contribution in [0.25, 0.3) is 0 Å². The molecule has 2 aliphatic heterocycles. The number of aliphatic hydroxyl groups is 1. The molecule has 0 aliphatic carbocycles. The molecule has 5 N–H and O–H groups in total. The first-order valence-electron chi connectivity index (χ1n) is 10.6. The topological polar surface area (TPSA) is 141 Å². The first-order valence-corrected chi connectivity index (χ1v) is 10.6. The molecule has 2 heterocycles. The van der Waals surface area contributed by atoms with Gasteiger partial charge in [0.05, 0.1) is 18.4 Å². The molecule has 0 saturated carbocycles. The summed E-state index contributed by atoms with van der Waals surface area (Å²) in [6.07, 6.45) is 1.45. The minimum absolute atomic E-state index is 0.0255. The molecule has 1 spiro atoms. The number of hydrogen-bond acceptors (Lipinski definition) is 8. The van der Waals surface area contributed by atoms with Crippen molar-refractivity contribution in [2.75, 3.05) is 37.7 Å². The zero-order valence-corrected chi connectivity index (χ0v) is 17.8. The molecule has 170 valence electrons. The number of nitrogens with zero attached hydrogens (tertiary/aromatic N) is 3. The van der Waals surface area contributed by atoms with Crippen molar-refractivity contribution < 1.29 is 24.6 Å². The molecule has 1 aromatic carbocycles. The van der Waals surface area contributed by atoms with Crippen LogP contribution in [-0.4, -0.2) is 72.1 Å². The average molecular weight is 434 g/mol. The normalized spacial score (nSPS) is 20.3. The number of amidine groups is 1. The van der Waals surface area contributed by atoms with E-state index in [0.717, 1.165) is 12.1 Å². The molecule has 0 aromatic heterocycles. The fourth-order valence-corrected chi connectivity index (χ4v) is 4.26. The van der Waals surface area contributed by atoms with E-state index < -0.39 is 11.8 Å². The van der Waals surface area contributed by atoms with Crippen LogP contribution in [0.15, 0.2) is 29.4 Å². The average Bonchev–Trinajstić information content (AvgIpc) is 3.09. The lowest BCUT2D eigenvalue weighted by Gasteiger charge is -2.40. The number of nitrogens with two attached hydrogens (primary N) is 1. The number of oxime groups is 1. The number of esters is 1. The molecule has 1 aromatic rings. The van der Waals surface area contributed by atoms with Gasteiger partial charge in [0, 0.05) is 37.4 Å². The largest absolute Gasteiger partial charge is 0.466 e. The zero-order valence-electron chi connectivity index (χ0n) is 17.8. The van der Waals surface area contributed by atoms with Gasteiger partial charge in [0.2, 0.25) is 5.91 Å². The van der Waals surface area contributed by atoms with Gasteiger partial charge in [-0.3, -0.25) is 19.8 Å². The van der Waals surface area contributed by atoms with E-state index >= 15 is 0 Å². The molecule has 0 bridgehead atoms. The van der Waals surface area contributed by atoms with Crippen molar-refractivity contribution in [3.05, 3.63) is 29.8 Å². The van der Waals surface area contributed by atoms with E-state index in [-0.39, 0.29) is 24.1 Å². The Hall–Kier alpha value is -2.69. The Morgan fingerprint density at radius 2 is 1.90 bits per heavy atom. The van der Waals surface area contributed by atoms with Crippen LogP contribution in [0.4, 0.5) is 5.69 Å². The molecule has 1 atom stereocenters. The maximum atomic E-state index is 13.2. The molecular weight excluding hydrogens is 402 g/mol. The summed E-state index contributed by atoms with van der Waals surface area (Å²) in [5.74, 6) is -0.165. The van der Waals surface area contributed by atoms with Gasteiger partial charge in [-0.05, 0) is 50.5 Å². The monoisotopic (exact) mass is 433 g/mol. The lowest BCUT2D eigenvalue weighted by atomic mass is 9.77. The summed E-state index contributed by atoms with van der Waals surface area (Å²) in [6.45, 7) is 4.26. The number of amides is 1. The van der Waals surface area contributed by atoms with Crippen LogP contribution in [0, 0.1) is 5.41 Å². The third kappa shape index (κ3) is 5.15. The quantitative estimate of drug-likeness (QED) is 0.115. The van der Waals surface area contributed by atoms with E-state index in [9.17, 15) is 14.7 Å². The molecule has 2 fully saturated rings. The molecule has 0 radical (unpaired) electrons. The van der Waals surface area contributed by atoms with Gasteiger partial charge in [0.1, 0.15) is 0 Å². The van der Waals surface area contributed by atoms with Crippen LogP contribution in [0.1, 0.15) is 38.2 Å². The Balaban J connectivity index is 1.52. The molecule has 31 heavy (non-hydrogen) atoms. The third-order valence-electron chi connectivity index (χ3n) is 6.16. The van der Waals surface area contributed by atoms with Crippen LogP contribution in [0.2, 0.25) is 0 Å². The second kappa shape index (κ2) is 10.1. The predicted octanol–water partition coefficient (Wildman–Crippen LogP) is 0.419. The number of carbonyl (C=O) groups is 2. The first kappa shape index (κ1) is 23.0. The summed E-state index contributed by atoms with van der Waals surface area (Å²) in [7, 11) is 0. The van der Waals surface area contributed by atoms with Crippen LogP contribution >= 0.6 is 0 Å². The van der Waals surface area contributed by atoms with Gasteiger partial charge in [-0.1, -0.05) is 5.16 Å².